The zero-order chi connectivity index (χ0) is 15.4. The van der Waals surface area contributed by atoms with Gasteiger partial charge in [0.1, 0.15) is 0 Å². The maximum atomic E-state index is 14.0. The number of aryl methyl sites for hydroxylation is 1. The highest BCUT2D eigenvalue weighted by Crippen LogP contribution is 2.25. The van der Waals surface area contributed by atoms with Crippen LogP contribution in [-0.2, 0) is 6.54 Å². The van der Waals surface area contributed by atoms with E-state index in [0.29, 0.717) is 12.1 Å². The summed E-state index contributed by atoms with van der Waals surface area (Å²) in [7, 11) is 1.87. The van der Waals surface area contributed by atoms with Crippen LogP contribution in [0.4, 0.5) is 8.78 Å². The molecular weight excluding hydrogens is 270 g/mol. The van der Waals surface area contributed by atoms with Gasteiger partial charge in [0, 0.05) is 18.7 Å². The van der Waals surface area contributed by atoms with Gasteiger partial charge in [-0.2, -0.15) is 0 Å². The molecule has 0 radical (unpaired) electrons. The average Bonchev–Trinajstić information content (AvgIpc) is 2.47. The largest absolute Gasteiger partial charge is 0.329 e. The summed E-state index contributed by atoms with van der Waals surface area (Å²) < 4.78 is 27.4. The first-order valence-corrected chi connectivity index (χ1v) is 6.93. The number of benzene rings is 2. The molecule has 2 aromatic rings. The van der Waals surface area contributed by atoms with Crippen LogP contribution in [0.25, 0.3) is 0 Å². The highest BCUT2D eigenvalue weighted by atomic mass is 19.2. The normalized spacial score (nSPS) is 12.7. The van der Waals surface area contributed by atoms with Gasteiger partial charge >= 0.3 is 0 Å². The quantitative estimate of drug-likeness (QED) is 0.914. The molecule has 0 heterocycles. The Labute approximate surface area is 124 Å². The lowest BCUT2D eigenvalue weighted by molar-refractivity contribution is 0.234. The highest BCUT2D eigenvalue weighted by Gasteiger charge is 2.21. The number of nitrogens with two attached hydrogens (primary N) is 1. The first kappa shape index (κ1) is 15.6. The van der Waals surface area contributed by atoms with Crippen molar-refractivity contribution in [2.24, 2.45) is 5.73 Å². The Kier molecular flexibility index (Phi) is 5.04. The van der Waals surface area contributed by atoms with Gasteiger partial charge in [0.05, 0.1) is 6.04 Å². The van der Waals surface area contributed by atoms with Crippen molar-refractivity contribution >= 4 is 0 Å². The Balaban J connectivity index is 2.25. The number of hydrogen-bond donors (Lipinski definition) is 1. The fourth-order valence-corrected chi connectivity index (χ4v) is 2.49. The Hall–Kier alpha value is -1.78. The molecule has 2 rings (SSSR count). The Morgan fingerprint density at radius 3 is 2.48 bits per heavy atom. The zero-order valence-electron chi connectivity index (χ0n) is 12.3. The second-order valence-electron chi connectivity index (χ2n) is 5.24. The summed E-state index contributed by atoms with van der Waals surface area (Å²) >= 11 is 0. The summed E-state index contributed by atoms with van der Waals surface area (Å²) in [6.07, 6.45) is 0. The molecule has 2 nitrogen and oxygen atoms in total. The molecule has 0 aliphatic rings. The molecule has 21 heavy (non-hydrogen) atoms. The van der Waals surface area contributed by atoms with Crippen molar-refractivity contribution in [1.82, 2.24) is 4.90 Å². The highest BCUT2D eigenvalue weighted by molar-refractivity contribution is 5.27. The van der Waals surface area contributed by atoms with Crippen molar-refractivity contribution in [2.75, 3.05) is 13.6 Å². The fourth-order valence-electron chi connectivity index (χ4n) is 2.49. The van der Waals surface area contributed by atoms with Gasteiger partial charge in [0.15, 0.2) is 11.6 Å². The third-order valence-corrected chi connectivity index (χ3v) is 3.78. The lowest BCUT2D eigenvalue weighted by atomic mass is 10.0. The molecule has 112 valence electrons. The van der Waals surface area contributed by atoms with Crippen LogP contribution in [0.15, 0.2) is 42.5 Å². The molecule has 1 unspecified atom stereocenters. The van der Waals surface area contributed by atoms with Crippen LogP contribution in [0.1, 0.15) is 22.7 Å². The first-order valence-electron chi connectivity index (χ1n) is 6.93. The van der Waals surface area contributed by atoms with Gasteiger partial charge in [-0.3, -0.25) is 4.90 Å². The van der Waals surface area contributed by atoms with Crippen LogP contribution in [0.5, 0.6) is 0 Å². The van der Waals surface area contributed by atoms with Crippen molar-refractivity contribution in [3.05, 3.63) is 70.8 Å². The molecule has 4 heteroatoms. The van der Waals surface area contributed by atoms with Gasteiger partial charge in [0.25, 0.3) is 0 Å². The topological polar surface area (TPSA) is 29.3 Å². The standard InChI is InChI=1S/C17H20F2N2/c1-12-6-3-4-7-13(12)11-21(2)16(10-20)14-8-5-9-15(18)17(14)19/h3-9,16H,10-11,20H2,1-2H3. The Bertz CT molecular complexity index is 613. The van der Waals surface area contributed by atoms with Crippen LogP contribution in [0.3, 0.4) is 0 Å². The van der Waals surface area contributed by atoms with E-state index in [1.807, 2.05) is 43.1 Å². The predicted molar refractivity (Wildman–Crippen MR) is 80.8 cm³/mol. The predicted octanol–water partition coefficient (Wildman–Crippen LogP) is 3.41. The SMILES string of the molecule is Cc1ccccc1CN(C)C(CN)c1cccc(F)c1F. The van der Waals surface area contributed by atoms with Crippen LogP contribution < -0.4 is 5.73 Å². The molecule has 0 saturated heterocycles. The second kappa shape index (κ2) is 6.78. The summed E-state index contributed by atoms with van der Waals surface area (Å²) in [6, 6.07) is 11.9. The third kappa shape index (κ3) is 3.46. The van der Waals surface area contributed by atoms with E-state index < -0.39 is 11.6 Å². The molecule has 0 bridgehead atoms. The minimum Gasteiger partial charge on any atom is -0.329 e. The summed E-state index contributed by atoms with van der Waals surface area (Å²) in [4.78, 5) is 1.94. The molecule has 0 fully saturated rings. The summed E-state index contributed by atoms with van der Waals surface area (Å²) in [6.45, 7) is 2.89. The molecular formula is C17H20F2N2. The second-order valence-corrected chi connectivity index (χ2v) is 5.24. The van der Waals surface area contributed by atoms with E-state index >= 15 is 0 Å². The van der Waals surface area contributed by atoms with Gasteiger partial charge < -0.3 is 5.73 Å². The van der Waals surface area contributed by atoms with Crippen LogP contribution in [0.2, 0.25) is 0 Å². The minimum absolute atomic E-state index is 0.225. The van der Waals surface area contributed by atoms with E-state index in [-0.39, 0.29) is 12.6 Å². The van der Waals surface area contributed by atoms with Crippen molar-refractivity contribution in [1.29, 1.82) is 0 Å². The van der Waals surface area contributed by atoms with Gasteiger partial charge in [-0.1, -0.05) is 36.4 Å². The smallest absolute Gasteiger partial charge is 0.163 e. The van der Waals surface area contributed by atoms with E-state index in [2.05, 4.69) is 0 Å². The molecule has 2 aromatic carbocycles. The van der Waals surface area contributed by atoms with E-state index in [9.17, 15) is 8.78 Å². The fraction of sp³-hybridized carbons (Fsp3) is 0.294. The lowest BCUT2D eigenvalue weighted by Gasteiger charge is -2.28. The third-order valence-electron chi connectivity index (χ3n) is 3.78. The number of likely N-dealkylation sites (N-methyl/N-ethyl adjacent to an activating group) is 1. The molecule has 0 saturated carbocycles. The molecule has 0 aromatic heterocycles. The van der Waals surface area contributed by atoms with Crippen LogP contribution in [0, 0.1) is 18.6 Å². The van der Waals surface area contributed by atoms with Crippen molar-refractivity contribution in [3.8, 4) is 0 Å². The summed E-state index contributed by atoms with van der Waals surface area (Å²) in [5.74, 6) is -1.65. The van der Waals surface area contributed by atoms with Crippen molar-refractivity contribution in [3.63, 3.8) is 0 Å². The van der Waals surface area contributed by atoms with E-state index in [4.69, 9.17) is 5.73 Å². The van der Waals surface area contributed by atoms with Gasteiger partial charge in [0.2, 0.25) is 0 Å². The molecule has 0 spiro atoms. The summed E-state index contributed by atoms with van der Waals surface area (Å²) in [5, 5.41) is 0. The Morgan fingerprint density at radius 2 is 1.81 bits per heavy atom. The minimum atomic E-state index is -0.838. The number of nitrogens with zero attached hydrogens (tertiary/aromatic N) is 1. The zero-order valence-corrected chi connectivity index (χ0v) is 12.3. The van der Waals surface area contributed by atoms with Gasteiger partial charge in [-0.15, -0.1) is 0 Å². The van der Waals surface area contributed by atoms with E-state index in [1.165, 1.54) is 11.6 Å². The maximum absolute atomic E-state index is 14.0. The van der Waals surface area contributed by atoms with Gasteiger partial charge in [-0.05, 0) is 31.2 Å². The van der Waals surface area contributed by atoms with Crippen LogP contribution in [-0.4, -0.2) is 18.5 Å². The summed E-state index contributed by atoms with van der Waals surface area (Å²) in [5.41, 5.74) is 8.40. The Morgan fingerprint density at radius 1 is 1.10 bits per heavy atom. The monoisotopic (exact) mass is 290 g/mol. The van der Waals surface area contributed by atoms with Gasteiger partial charge in [-0.25, -0.2) is 8.78 Å². The van der Waals surface area contributed by atoms with Crippen molar-refractivity contribution in [2.45, 2.75) is 19.5 Å². The van der Waals surface area contributed by atoms with Crippen LogP contribution >= 0.6 is 0 Å². The molecule has 0 aliphatic carbocycles. The molecule has 0 amide bonds. The lowest BCUT2D eigenvalue weighted by Crippen LogP contribution is -2.31. The van der Waals surface area contributed by atoms with E-state index in [1.54, 1.807) is 6.07 Å². The number of rotatable bonds is 5. The number of halogens is 2. The van der Waals surface area contributed by atoms with E-state index in [0.717, 1.165) is 11.6 Å². The molecule has 2 N–H and O–H groups in total. The number of hydrogen-bond acceptors (Lipinski definition) is 2. The van der Waals surface area contributed by atoms with Crippen molar-refractivity contribution < 1.29 is 8.78 Å². The molecule has 0 aliphatic heterocycles. The molecule has 1 atom stereocenters. The average molecular weight is 290 g/mol. The maximum Gasteiger partial charge on any atom is 0.163 e. The first-order chi connectivity index (χ1) is 10.0.